The number of unbranched alkanes of at least 4 members (excludes halogenated alkanes) is 1. The molecule has 0 heterocycles. The average molecular weight is 259 g/mol. The Morgan fingerprint density at radius 1 is 1.06 bits per heavy atom. The Kier molecular flexibility index (Phi) is 7.29. The van der Waals surface area contributed by atoms with Crippen LogP contribution >= 0.6 is 0 Å². The van der Waals surface area contributed by atoms with E-state index >= 15 is 0 Å². The second-order valence-electron chi connectivity index (χ2n) is 3.87. The highest BCUT2D eigenvalue weighted by Gasteiger charge is 2.02. The van der Waals surface area contributed by atoms with Crippen LogP contribution in [0.3, 0.4) is 0 Å². The van der Waals surface area contributed by atoms with E-state index in [1.807, 2.05) is 0 Å². The molecule has 102 valence electrons. The molecule has 0 bridgehead atoms. The highest BCUT2D eigenvalue weighted by Crippen LogP contribution is 2.15. The first kappa shape index (κ1) is 14.9. The maximum Gasteiger partial charge on any atom is 0.162 e. The Morgan fingerprint density at radius 3 is 2.61 bits per heavy atom. The SMILES string of the molecule is COCCNCCCCOc1ccc(F)c(F)c1. The molecule has 3 nitrogen and oxygen atoms in total. The van der Waals surface area contributed by atoms with Gasteiger partial charge in [-0.1, -0.05) is 0 Å². The zero-order valence-corrected chi connectivity index (χ0v) is 10.5. The quantitative estimate of drug-likeness (QED) is 0.691. The summed E-state index contributed by atoms with van der Waals surface area (Å²) in [6.07, 6.45) is 1.83. The Bertz CT molecular complexity index is 348. The topological polar surface area (TPSA) is 30.5 Å². The van der Waals surface area contributed by atoms with E-state index < -0.39 is 11.6 Å². The van der Waals surface area contributed by atoms with Crippen LogP contribution < -0.4 is 10.1 Å². The molecule has 1 aromatic carbocycles. The van der Waals surface area contributed by atoms with Crippen LogP contribution in [0.25, 0.3) is 0 Å². The number of halogens is 2. The van der Waals surface area contributed by atoms with Gasteiger partial charge in [0.1, 0.15) is 5.75 Å². The molecule has 0 aromatic heterocycles. The number of ether oxygens (including phenoxy) is 2. The third kappa shape index (κ3) is 5.93. The minimum atomic E-state index is -0.881. The third-order valence-corrected chi connectivity index (χ3v) is 2.39. The van der Waals surface area contributed by atoms with Gasteiger partial charge in [-0.15, -0.1) is 0 Å². The summed E-state index contributed by atoms with van der Waals surface area (Å²) in [5.41, 5.74) is 0. The van der Waals surface area contributed by atoms with Crippen molar-refractivity contribution in [3.05, 3.63) is 29.8 Å². The zero-order chi connectivity index (χ0) is 13.2. The Morgan fingerprint density at radius 2 is 1.89 bits per heavy atom. The molecule has 0 aliphatic heterocycles. The van der Waals surface area contributed by atoms with Crippen molar-refractivity contribution < 1.29 is 18.3 Å². The second kappa shape index (κ2) is 8.83. The van der Waals surface area contributed by atoms with Gasteiger partial charge >= 0.3 is 0 Å². The van der Waals surface area contributed by atoms with E-state index in [0.717, 1.165) is 38.1 Å². The first-order valence-corrected chi connectivity index (χ1v) is 6.01. The van der Waals surface area contributed by atoms with Gasteiger partial charge in [0.2, 0.25) is 0 Å². The van der Waals surface area contributed by atoms with Gasteiger partial charge in [0.25, 0.3) is 0 Å². The lowest BCUT2D eigenvalue weighted by Crippen LogP contribution is -2.20. The number of hydrogen-bond donors (Lipinski definition) is 1. The van der Waals surface area contributed by atoms with E-state index in [0.29, 0.717) is 19.0 Å². The van der Waals surface area contributed by atoms with Crippen molar-refractivity contribution in [2.45, 2.75) is 12.8 Å². The van der Waals surface area contributed by atoms with Crippen LogP contribution in [0.15, 0.2) is 18.2 Å². The molecule has 5 heteroatoms. The molecule has 0 aliphatic carbocycles. The number of methoxy groups -OCH3 is 1. The Labute approximate surface area is 106 Å². The lowest BCUT2D eigenvalue weighted by atomic mass is 10.3. The van der Waals surface area contributed by atoms with Gasteiger partial charge in [0.15, 0.2) is 11.6 Å². The van der Waals surface area contributed by atoms with Gasteiger partial charge in [-0.2, -0.15) is 0 Å². The summed E-state index contributed by atoms with van der Waals surface area (Å²) in [5, 5.41) is 3.21. The molecule has 1 aromatic rings. The number of nitrogens with one attached hydrogen (secondary N) is 1. The van der Waals surface area contributed by atoms with Crippen molar-refractivity contribution in [1.29, 1.82) is 0 Å². The van der Waals surface area contributed by atoms with Crippen molar-refractivity contribution >= 4 is 0 Å². The molecule has 1 rings (SSSR count). The van der Waals surface area contributed by atoms with Gasteiger partial charge in [0, 0.05) is 19.7 Å². The zero-order valence-electron chi connectivity index (χ0n) is 10.5. The van der Waals surface area contributed by atoms with E-state index in [2.05, 4.69) is 5.32 Å². The molecule has 0 saturated carbocycles. The molecule has 0 fully saturated rings. The maximum atomic E-state index is 12.9. The minimum Gasteiger partial charge on any atom is -0.493 e. The molecule has 0 saturated heterocycles. The maximum absolute atomic E-state index is 12.9. The van der Waals surface area contributed by atoms with Crippen molar-refractivity contribution in [2.24, 2.45) is 0 Å². The van der Waals surface area contributed by atoms with E-state index in [4.69, 9.17) is 9.47 Å². The fraction of sp³-hybridized carbons (Fsp3) is 0.538. The highest BCUT2D eigenvalue weighted by atomic mass is 19.2. The fourth-order valence-corrected chi connectivity index (χ4v) is 1.41. The van der Waals surface area contributed by atoms with Crippen molar-refractivity contribution in [3.63, 3.8) is 0 Å². The van der Waals surface area contributed by atoms with Crippen LogP contribution in [-0.4, -0.2) is 33.4 Å². The van der Waals surface area contributed by atoms with Crippen LogP contribution in [0.5, 0.6) is 5.75 Å². The molecule has 18 heavy (non-hydrogen) atoms. The van der Waals surface area contributed by atoms with Gasteiger partial charge < -0.3 is 14.8 Å². The fourth-order valence-electron chi connectivity index (χ4n) is 1.41. The first-order chi connectivity index (χ1) is 8.74. The van der Waals surface area contributed by atoms with Gasteiger partial charge in [0.05, 0.1) is 13.2 Å². The molecule has 0 aliphatic rings. The monoisotopic (exact) mass is 259 g/mol. The smallest absolute Gasteiger partial charge is 0.162 e. The number of rotatable bonds is 9. The summed E-state index contributed by atoms with van der Waals surface area (Å²) < 4.78 is 35.7. The van der Waals surface area contributed by atoms with E-state index in [9.17, 15) is 8.78 Å². The first-order valence-electron chi connectivity index (χ1n) is 6.01. The summed E-state index contributed by atoms with van der Waals surface area (Å²) in [6.45, 7) is 2.92. The number of hydrogen-bond acceptors (Lipinski definition) is 3. The average Bonchev–Trinajstić information content (AvgIpc) is 2.37. The van der Waals surface area contributed by atoms with E-state index in [1.54, 1.807) is 7.11 Å². The molecule has 0 unspecified atom stereocenters. The van der Waals surface area contributed by atoms with Crippen LogP contribution in [0.4, 0.5) is 8.78 Å². The highest BCUT2D eigenvalue weighted by molar-refractivity contribution is 5.23. The van der Waals surface area contributed by atoms with Crippen molar-refractivity contribution in [3.8, 4) is 5.75 Å². The Balaban J connectivity index is 2.05. The van der Waals surface area contributed by atoms with E-state index in [1.165, 1.54) is 6.07 Å². The van der Waals surface area contributed by atoms with Crippen LogP contribution in [0.1, 0.15) is 12.8 Å². The van der Waals surface area contributed by atoms with Gasteiger partial charge in [-0.05, 0) is 31.5 Å². The molecular formula is C13H19F2NO2. The largest absolute Gasteiger partial charge is 0.493 e. The molecule has 0 spiro atoms. The van der Waals surface area contributed by atoms with E-state index in [-0.39, 0.29) is 0 Å². The molecular weight excluding hydrogens is 240 g/mol. The van der Waals surface area contributed by atoms with Crippen LogP contribution in [-0.2, 0) is 4.74 Å². The lowest BCUT2D eigenvalue weighted by Gasteiger charge is -2.07. The normalized spacial score (nSPS) is 10.6. The second-order valence-corrected chi connectivity index (χ2v) is 3.87. The van der Waals surface area contributed by atoms with Crippen molar-refractivity contribution in [1.82, 2.24) is 5.32 Å². The van der Waals surface area contributed by atoms with Crippen LogP contribution in [0, 0.1) is 11.6 Å². The van der Waals surface area contributed by atoms with Crippen molar-refractivity contribution in [2.75, 3.05) is 33.4 Å². The third-order valence-electron chi connectivity index (χ3n) is 2.39. The standard InChI is InChI=1S/C13H19F2NO2/c1-17-9-7-16-6-2-3-8-18-11-4-5-12(14)13(15)10-11/h4-5,10,16H,2-3,6-9H2,1H3. The van der Waals surface area contributed by atoms with Gasteiger partial charge in [-0.25, -0.2) is 8.78 Å². The van der Waals surface area contributed by atoms with Crippen LogP contribution in [0.2, 0.25) is 0 Å². The summed E-state index contributed by atoms with van der Waals surface area (Å²) in [7, 11) is 1.66. The predicted molar refractivity (Wildman–Crippen MR) is 65.8 cm³/mol. The molecule has 1 N–H and O–H groups in total. The summed E-state index contributed by atoms with van der Waals surface area (Å²) in [5.74, 6) is -1.38. The summed E-state index contributed by atoms with van der Waals surface area (Å²) >= 11 is 0. The summed E-state index contributed by atoms with van der Waals surface area (Å²) in [6, 6.07) is 3.55. The predicted octanol–water partition coefficient (Wildman–Crippen LogP) is 2.36. The minimum absolute atomic E-state index is 0.362. The van der Waals surface area contributed by atoms with Gasteiger partial charge in [-0.3, -0.25) is 0 Å². The number of benzene rings is 1. The molecule has 0 amide bonds. The summed E-state index contributed by atoms with van der Waals surface area (Å²) in [4.78, 5) is 0. The lowest BCUT2D eigenvalue weighted by molar-refractivity contribution is 0.199. The molecule has 0 atom stereocenters. The molecule has 0 radical (unpaired) electrons. The Hall–Kier alpha value is -1.20.